The van der Waals surface area contributed by atoms with E-state index in [4.69, 9.17) is 0 Å². The average Bonchev–Trinajstić information content (AvgIpc) is 2.84. The summed E-state index contributed by atoms with van der Waals surface area (Å²) in [5, 5.41) is 11.3. The van der Waals surface area contributed by atoms with E-state index in [1.54, 1.807) is 6.92 Å². The van der Waals surface area contributed by atoms with Crippen molar-refractivity contribution in [1.82, 2.24) is 13.9 Å². The van der Waals surface area contributed by atoms with Crippen molar-refractivity contribution < 1.29 is 23.1 Å². The molecule has 2 heterocycles. The number of halogens is 3. The number of rotatable bonds is 2. The number of pyridine rings is 1. The maximum Gasteiger partial charge on any atom is 0.452 e. The second-order valence-electron chi connectivity index (χ2n) is 4.29. The molecule has 1 amide bonds. The predicted molar refractivity (Wildman–Crippen MR) is 70.9 cm³/mol. The van der Waals surface area contributed by atoms with Gasteiger partial charge < -0.3 is 9.67 Å². The fourth-order valence-corrected chi connectivity index (χ4v) is 2.15. The molecule has 0 fully saturated rings. The highest BCUT2D eigenvalue weighted by Crippen LogP contribution is 2.29. The van der Waals surface area contributed by atoms with Gasteiger partial charge in [0, 0.05) is 30.3 Å². The van der Waals surface area contributed by atoms with Crippen LogP contribution < -0.4 is 10.9 Å². The standard InChI is InChI=1S/C11H9F3N4O3S/c1-4-3-5(19)6(8(21)18(4)2)7(20)15-10-16-9(17-22-10)11(12,13)14/h3,19H,1-2H3,(H,15,16,17,20). The van der Waals surface area contributed by atoms with Crippen LogP contribution >= 0.6 is 11.5 Å². The number of carbonyl (C=O) groups excluding carboxylic acids is 1. The number of hydrogen-bond donors (Lipinski definition) is 2. The topological polar surface area (TPSA) is 97.1 Å². The Kier molecular flexibility index (Phi) is 3.92. The van der Waals surface area contributed by atoms with Gasteiger partial charge in [-0.25, -0.2) is 0 Å². The van der Waals surface area contributed by atoms with E-state index in [2.05, 4.69) is 9.36 Å². The highest BCUT2D eigenvalue weighted by Gasteiger charge is 2.36. The van der Waals surface area contributed by atoms with Crippen LogP contribution in [-0.4, -0.2) is 24.9 Å². The minimum atomic E-state index is -4.73. The summed E-state index contributed by atoms with van der Waals surface area (Å²) in [6.07, 6.45) is -4.73. The van der Waals surface area contributed by atoms with Crippen molar-refractivity contribution in [2.75, 3.05) is 5.32 Å². The normalized spacial score (nSPS) is 11.5. The van der Waals surface area contributed by atoms with Crippen LogP contribution in [-0.2, 0) is 13.2 Å². The molecule has 11 heteroatoms. The number of aryl methyl sites for hydroxylation is 1. The van der Waals surface area contributed by atoms with Crippen LogP contribution in [0, 0.1) is 6.92 Å². The molecule has 0 radical (unpaired) electrons. The fourth-order valence-electron chi connectivity index (χ4n) is 1.57. The molecule has 0 aliphatic carbocycles. The molecule has 2 aromatic rings. The van der Waals surface area contributed by atoms with E-state index in [1.807, 2.05) is 5.32 Å². The first kappa shape index (κ1) is 15.9. The van der Waals surface area contributed by atoms with E-state index in [9.17, 15) is 27.9 Å². The third-order valence-corrected chi connectivity index (χ3v) is 3.41. The molecule has 0 saturated heterocycles. The Balaban J connectivity index is 2.33. The maximum atomic E-state index is 12.4. The third kappa shape index (κ3) is 2.93. The van der Waals surface area contributed by atoms with Gasteiger partial charge in [0.1, 0.15) is 11.3 Å². The van der Waals surface area contributed by atoms with Gasteiger partial charge in [-0.15, -0.1) is 0 Å². The second kappa shape index (κ2) is 5.40. The van der Waals surface area contributed by atoms with E-state index in [-0.39, 0.29) is 0 Å². The smallest absolute Gasteiger partial charge is 0.452 e. The Morgan fingerprint density at radius 1 is 1.45 bits per heavy atom. The van der Waals surface area contributed by atoms with Gasteiger partial charge in [-0.2, -0.15) is 22.5 Å². The van der Waals surface area contributed by atoms with Crippen molar-refractivity contribution in [2.24, 2.45) is 7.05 Å². The number of aromatic nitrogens is 3. The summed E-state index contributed by atoms with van der Waals surface area (Å²) in [5.74, 6) is -3.03. The molecule has 2 N–H and O–H groups in total. The molecule has 0 bridgehead atoms. The second-order valence-corrected chi connectivity index (χ2v) is 5.04. The quantitative estimate of drug-likeness (QED) is 0.868. The van der Waals surface area contributed by atoms with Crippen molar-refractivity contribution in [3.05, 3.63) is 33.5 Å². The Bertz CT molecular complexity index is 797. The zero-order valence-corrected chi connectivity index (χ0v) is 12.0. The fraction of sp³-hybridized carbons (Fsp3) is 0.273. The number of aromatic hydroxyl groups is 1. The third-order valence-electron chi connectivity index (χ3n) is 2.78. The largest absolute Gasteiger partial charge is 0.507 e. The predicted octanol–water partition coefficient (Wildman–Crippen LogP) is 1.52. The van der Waals surface area contributed by atoms with Gasteiger partial charge in [-0.1, -0.05) is 0 Å². The first-order valence-corrected chi connectivity index (χ1v) is 6.50. The van der Waals surface area contributed by atoms with Gasteiger partial charge in [-0.05, 0) is 6.92 Å². The van der Waals surface area contributed by atoms with Crippen molar-refractivity contribution in [3.8, 4) is 5.75 Å². The molecule has 0 spiro atoms. The van der Waals surface area contributed by atoms with Gasteiger partial charge in [0.15, 0.2) is 0 Å². The number of carbonyl (C=O) groups is 1. The summed E-state index contributed by atoms with van der Waals surface area (Å²) in [7, 11) is 1.39. The molecule has 7 nitrogen and oxygen atoms in total. The number of nitrogens with zero attached hydrogens (tertiary/aromatic N) is 3. The Hall–Kier alpha value is -2.43. The molecule has 2 rings (SSSR count). The Morgan fingerprint density at radius 2 is 2.09 bits per heavy atom. The minimum absolute atomic E-state index is 0.315. The number of alkyl halides is 3. The van der Waals surface area contributed by atoms with E-state index in [1.165, 1.54) is 13.1 Å². The van der Waals surface area contributed by atoms with Crippen molar-refractivity contribution >= 4 is 22.6 Å². The lowest BCUT2D eigenvalue weighted by Gasteiger charge is -2.08. The summed E-state index contributed by atoms with van der Waals surface area (Å²) in [4.78, 5) is 27.0. The van der Waals surface area contributed by atoms with Crippen LogP contribution in [0.4, 0.5) is 18.3 Å². The molecule has 2 aromatic heterocycles. The first-order valence-electron chi connectivity index (χ1n) is 5.73. The summed E-state index contributed by atoms with van der Waals surface area (Å²) in [6, 6.07) is 1.19. The molecular formula is C11H9F3N4O3S. The number of nitrogens with one attached hydrogen (secondary N) is 1. The lowest BCUT2D eigenvalue weighted by molar-refractivity contribution is -0.144. The summed E-state index contributed by atoms with van der Waals surface area (Å²) >= 11 is 0.315. The van der Waals surface area contributed by atoms with Crippen LogP contribution in [0.2, 0.25) is 0 Å². The highest BCUT2D eigenvalue weighted by atomic mass is 32.1. The maximum absolute atomic E-state index is 12.4. The summed E-state index contributed by atoms with van der Waals surface area (Å²) in [6.45, 7) is 1.54. The minimum Gasteiger partial charge on any atom is -0.507 e. The molecule has 0 atom stereocenters. The number of amides is 1. The van der Waals surface area contributed by atoms with Crippen LogP contribution in [0.1, 0.15) is 21.9 Å². The van der Waals surface area contributed by atoms with Crippen molar-refractivity contribution in [2.45, 2.75) is 13.1 Å². The van der Waals surface area contributed by atoms with Gasteiger partial charge >= 0.3 is 6.18 Å². The lowest BCUT2D eigenvalue weighted by atomic mass is 10.2. The molecule has 118 valence electrons. The van der Waals surface area contributed by atoms with E-state index < -0.39 is 39.9 Å². The molecule has 0 saturated carbocycles. The molecule has 0 aliphatic rings. The van der Waals surface area contributed by atoms with E-state index in [0.717, 1.165) is 4.57 Å². The lowest BCUT2D eigenvalue weighted by Crippen LogP contribution is -2.28. The average molecular weight is 334 g/mol. The van der Waals surface area contributed by atoms with Gasteiger partial charge in [0.2, 0.25) is 11.0 Å². The zero-order valence-electron chi connectivity index (χ0n) is 11.2. The van der Waals surface area contributed by atoms with Crippen LogP contribution in [0.3, 0.4) is 0 Å². The molecule has 0 aliphatic heterocycles. The zero-order chi connectivity index (χ0) is 16.7. The van der Waals surface area contributed by atoms with Crippen molar-refractivity contribution in [1.29, 1.82) is 0 Å². The highest BCUT2D eigenvalue weighted by molar-refractivity contribution is 7.09. The molecular weight excluding hydrogens is 325 g/mol. The molecule has 0 aromatic carbocycles. The number of hydrogen-bond acceptors (Lipinski definition) is 6. The van der Waals surface area contributed by atoms with Crippen LogP contribution in [0.25, 0.3) is 0 Å². The monoisotopic (exact) mass is 334 g/mol. The Morgan fingerprint density at radius 3 is 2.64 bits per heavy atom. The van der Waals surface area contributed by atoms with Crippen LogP contribution in [0.5, 0.6) is 5.75 Å². The van der Waals surface area contributed by atoms with Crippen LogP contribution in [0.15, 0.2) is 10.9 Å². The van der Waals surface area contributed by atoms with Gasteiger partial charge in [0.25, 0.3) is 11.5 Å². The Labute approximate surface area is 125 Å². The molecule has 0 unspecified atom stereocenters. The van der Waals surface area contributed by atoms with Crippen molar-refractivity contribution in [3.63, 3.8) is 0 Å². The number of anilines is 1. The first-order chi connectivity index (χ1) is 10.1. The SMILES string of the molecule is Cc1cc(O)c(C(=O)Nc2nc(C(F)(F)F)ns2)c(=O)n1C. The van der Waals surface area contributed by atoms with Gasteiger partial charge in [0.05, 0.1) is 0 Å². The summed E-state index contributed by atoms with van der Waals surface area (Å²) in [5.41, 5.74) is -0.957. The van der Waals surface area contributed by atoms with E-state index >= 15 is 0 Å². The summed E-state index contributed by atoms with van der Waals surface area (Å²) < 4.78 is 41.3. The molecule has 22 heavy (non-hydrogen) atoms. The van der Waals surface area contributed by atoms with Gasteiger partial charge in [-0.3, -0.25) is 14.9 Å². The van der Waals surface area contributed by atoms with E-state index in [0.29, 0.717) is 17.2 Å².